The highest BCUT2D eigenvalue weighted by atomic mass is 16.5. The number of nitrogens with zero attached hydrogens (tertiary/aromatic N) is 1. The van der Waals surface area contributed by atoms with Crippen molar-refractivity contribution in [3.05, 3.63) is 0 Å². The first kappa shape index (κ1) is 12.9. The van der Waals surface area contributed by atoms with Crippen LogP contribution in [-0.2, 0) is 14.3 Å². The Morgan fingerprint density at radius 1 is 1.57 bits per heavy atom. The van der Waals surface area contributed by atoms with Crippen LogP contribution in [0.3, 0.4) is 0 Å². The Morgan fingerprint density at radius 2 is 2.14 bits per heavy atom. The van der Waals surface area contributed by atoms with Gasteiger partial charge in [0.25, 0.3) is 0 Å². The van der Waals surface area contributed by atoms with Crippen LogP contribution in [0.4, 0.5) is 0 Å². The van der Waals surface area contributed by atoms with E-state index < -0.39 is 5.54 Å². The van der Waals surface area contributed by atoms with Crippen molar-refractivity contribution in [3.8, 4) is 0 Å². The summed E-state index contributed by atoms with van der Waals surface area (Å²) in [6.07, 6.45) is 0.530. The molecule has 0 unspecified atom stereocenters. The van der Waals surface area contributed by atoms with Gasteiger partial charge in [-0.3, -0.25) is 9.59 Å². The van der Waals surface area contributed by atoms with Crippen LogP contribution in [0.5, 0.6) is 0 Å². The van der Waals surface area contributed by atoms with E-state index in [0.717, 1.165) is 0 Å². The third-order valence-corrected chi connectivity index (χ3v) is 1.93. The second-order valence-corrected chi connectivity index (χ2v) is 3.61. The summed E-state index contributed by atoms with van der Waals surface area (Å²) in [5.41, 5.74) is -0.857. The van der Waals surface area contributed by atoms with E-state index in [4.69, 9.17) is 4.74 Å². The van der Waals surface area contributed by atoms with Crippen molar-refractivity contribution < 1.29 is 14.3 Å². The van der Waals surface area contributed by atoms with Crippen LogP contribution >= 0.6 is 0 Å². The minimum atomic E-state index is -0.857. The summed E-state index contributed by atoms with van der Waals surface area (Å²) in [6.45, 7) is 4.32. The number of rotatable bonds is 6. The molecular weight excluding hydrogens is 184 g/mol. The molecule has 82 valence electrons. The predicted molar refractivity (Wildman–Crippen MR) is 52.8 cm³/mol. The molecule has 0 saturated carbocycles. The van der Waals surface area contributed by atoms with Crippen LogP contribution in [-0.4, -0.2) is 50.1 Å². The van der Waals surface area contributed by atoms with Gasteiger partial charge in [-0.2, -0.15) is 0 Å². The molecule has 0 aliphatic rings. The Kier molecular flexibility index (Phi) is 5.15. The second kappa shape index (κ2) is 5.59. The van der Waals surface area contributed by atoms with E-state index in [0.29, 0.717) is 19.6 Å². The molecule has 1 N–H and O–H groups in total. The number of carbonyl (C=O) groups excluding carboxylic acids is 2. The van der Waals surface area contributed by atoms with Crippen molar-refractivity contribution >= 4 is 12.3 Å². The van der Waals surface area contributed by atoms with Gasteiger partial charge in [0.15, 0.2) is 0 Å². The zero-order valence-electron chi connectivity index (χ0n) is 9.16. The Morgan fingerprint density at radius 3 is 2.57 bits per heavy atom. The van der Waals surface area contributed by atoms with Gasteiger partial charge in [0.1, 0.15) is 5.54 Å². The molecule has 0 aromatic heterocycles. The molecule has 0 radical (unpaired) electrons. The highest BCUT2D eigenvalue weighted by Gasteiger charge is 2.29. The summed E-state index contributed by atoms with van der Waals surface area (Å²) in [5, 5.41) is 2.47. The fraction of sp³-hybridized carbons (Fsp3) is 0.778. The summed E-state index contributed by atoms with van der Waals surface area (Å²) in [5.74, 6) is -0.137. The Labute approximate surface area is 84.4 Å². The second-order valence-electron chi connectivity index (χ2n) is 3.61. The van der Waals surface area contributed by atoms with Crippen LogP contribution in [0.25, 0.3) is 0 Å². The van der Waals surface area contributed by atoms with Crippen LogP contribution < -0.4 is 5.32 Å². The lowest BCUT2D eigenvalue weighted by Gasteiger charge is -2.28. The standard InChI is InChI=1S/C9H18N2O3/c1-9(2,10-7-12)8(13)11(3)5-6-14-4/h7H,5-6H2,1-4H3,(H,10,12). The normalized spacial score (nSPS) is 10.9. The molecule has 0 aliphatic carbocycles. The molecule has 14 heavy (non-hydrogen) atoms. The molecule has 2 amide bonds. The Hall–Kier alpha value is -1.10. The molecule has 0 rings (SSSR count). The third-order valence-electron chi connectivity index (χ3n) is 1.93. The number of hydrogen-bond acceptors (Lipinski definition) is 3. The number of ether oxygens (including phenoxy) is 1. The quantitative estimate of drug-likeness (QED) is 0.597. The smallest absolute Gasteiger partial charge is 0.247 e. The van der Waals surface area contributed by atoms with Gasteiger partial charge in [0.05, 0.1) is 6.61 Å². The van der Waals surface area contributed by atoms with Crippen LogP contribution in [0, 0.1) is 0 Å². The third kappa shape index (κ3) is 3.74. The van der Waals surface area contributed by atoms with E-state index in [1.165, 1.54) is 4.90 Å². The van der Waals surface area contributed by atoms with Gasteiger partial charge in [-0.15, -0.1) is 0 Å². The summed E-state index contributed by atoms with van der Waals surface area (Å²) in [7, 11) is 3.25. The molecule has 0 saturated heterocycles. The molecule has 0 fully saturated rings. The molecule has 0 aliphatic heterocycles. The van der Waals surface area contributed by atoms with Gasteiger partial charge in [-0.1, -0.05) is 0 Å². The fourth-order valence-corrected chi connectivity index (χ4v) is 1.02. The van der Waals surface area contributed by atoms with Crippen LogP contribution in [0.2, 0.25) is 0 Å². The van der Waals surface area contributed by atoms with E-state index in [1.807, 2.05) is 0 Å². The SMILES string of the molecule is COCCN(C)C(=O)C(C)(C)NC=O. The van der Waals surface area contributed by atoms with E-state index in [9.17, 15) is 9.59 Å². The van der Waals surface area contributed by atoms with E-state index >= 15 is 0 Å². The largest absolute Gasteiger partial charge is 0.383 e. The van der Waals surface area contributed by atoms with E-state index in [1.54, 1.807) is 28.0 Å². The predicted octanol–water partition coefficient (Wildman–Crippen LogP) is -0.384. The first-order valence-corrected chi connectivity index (χ1v) is 4.41. The van der Waals surface area contributed by atoms with Crippen molar-refractivity contribution in [2.75, 3.05) is 27.3 Å². The maximum atomic E-state index is 11.7. The first-order chi connectivity index (χ1) is 6.45. The lowest BCUT2D eigenvalue weighted by Crippen LogP contribution is -2.53. The van der Waals surface area contributed by atoms with Crippen LogP contribution in [0.1, 0.15) is 13.8 Å². The minimum Gasteiger partial charge on any atom is -0.383 e. The topological polar surface area (TPSA) is 58.6 Å². The number of methoxy groups -OCH3 is 1. The maximum absolute atomic E-state index is 11.7. The molecule has 5 nitrogen and oxygen atoms in total. The van der Waals surface area contributed by atoms with Gasteiger partial charge >= 0.3 is 0 Å². The Bertz CT molecular complexity index is 204. The van der Waals surface area contributed by atoms with Crippen molar-refractivity contribution in [1.29, 1.82) is 0 Å². The lowest BCUT2D eigenvalue weighted by atomic mass is 10.0. The van der Waals surface area contributed by atoms with Gasteiger partial charge < -0.3 is 15.0 Å². The molecule has 0 spiro atoms. The van der Waals surface area contributed by atoms with Crippen molar-refractivity contribution in [3.63, 3.8) is 0 Å². The van der Waals surface area contributed by atoms with Crippen molar-refractivity contribution in [2.24, 2.45) is 0 Å². The molecule has 0 heterocycles. The molecule has 0 bridgehead atoms. The number of nitrogens with one attached hydrogen (secondary N) is 1. The molecule has 5 heteroatoms. The molecule has 0 aromatic rings. The molecule has 0 atom stereocenters. The highest BCUT2D eigenvalue weighted by Crippen LogP contribution is 2.05. The number of likely N-dealkylation sites (N-methyl/N-ethyl adjacent to an activating group) is 1. The van der Waals surface area contributed by atoms with Gasteiger partial charge in [0.2, 0.25) is 12.3 Å². The molecule has 0 aromatic carbocycles. The summed E-state index contributed by atoms with van der Waals surface area (Å²) in [4.78, 5) is 23.5. The van der Waals surface area contributed by atoms with Crippen molar-refractivity contribution in [2.45, 2.75) is 19.4 Å². The average molecular weight is 202 g/mol. The van der Waals surface area contributed by atoms with E-state index in [-0.39, 0.29) is 5.91 Å². The fourth-order valence-electron chi connectivity index (χ4n) is 1.02. The summed E-state index contributed by atoms with van der Waals surface area (Å²) >= 11 is 0. The highest BCUT2D eigenvalue weighted by molar-refractivity contribution is 5.87. The lowest BCUT2D eigenvalue weighted by molar-refractivity contribution is -0.137. The zero-order valence-corrected chi connectivity index (χ0v) is 9.16. The monoisotopic (exact) mass is 202 g/mol. The first-order valence-electron chi connectivity index (χ1n) is 4.41. The van der Waals surface area contributed by atoms with E-state index in [2.05, 4.69) is 5.32 Å². The summed E-state index contributed by atoms with van der Waals surface area (Å²) < 4.78 is 4.85. The van der Waals surface area contributed by atoms with Crippen molar-refractivity contribution in [1.82, 2.24) is 10.2 Å². The average Bonchev–Trinajstić information content (AvgIpc) is 2.12. The van der Waals surface area contributed by atoms with Gasteiger partial charge in [0, 0.05) is 20.7 Å². The number of carbonyl (C=O) groups is 2. The molecular formula is C9H18N2O3. The number of amides is 2. The van der Waals surface area contributed by atoms with Gasteiger partial charge in [-0.25, -0.2) is 0 Å². The number of hydrogen-bond donors (Lipinski definition) is 1. The zero-order chi connectivity index (χ0) is 11.2. The van der Waals surface area contributed by atoms with Gasteiger partial charge in [-0.05, 0) is 13.8 Å². The minimum absolute atomic E-state index is 0.137. The summed E-state index contributed by atoms with van der Waals surface area (Å²) in [6, 6.07) is 0. The maximum Gasteiger partial charge on any atom is 0.247 e. The van der Waals surface area contributed by atoms with Crippen LogP contribution in [0.15, 0.2) is 0 Å². The Balaban J connectivity index is 4.21.